The lowest BCUT2D eigenvalue weighted by Gasteiger charge is -2.13. The highest BCUT2D eigenvalue weighted by molar-refractivity contribution is 5.89. The van der Waals surface area contributed by atoms with Gasteiger partial charge in [0.2, 0.25) is 0 Å². The lowest BCUT2D eigenvalue weighted by Crippen LogP contribution is -2.41. The number of primary amides is 1. The van der Waals surface area contributed by atoms with Crippen LogP contribution in [-0.2, 0) is 0 Å². The van der Waals surface area contributed by atoms with E-state index in [1.165, 1.54) is 0 Å². The van der Waals surface area contributed by atoms with Gasteiger partial charge in [-0.3, -0.25) is 0 Å². The first kappa shape index (κ1) is 8.55. The topological polar surface area (TPSA) is 72.3 Å². The van der Waals surface area contributed by atoms with Gasteiger partial charge in [0.25, 0.3) is 0 Å². The van der Waals surface area contributed by atoms with Crippen molar-refractivity contribution in [3.8, 4) is 0 Å². The Balaban J connectivity index is 2.95. The molecule has 0 bridgehead atoms. The largest absolute Gasteiger partial charge is 0.350 e. The molecule has 1 aromatic carbocycles. The molecule has 0 saturated carbocycles. The molecule has 4 heteroatoms. The fourth-order valence-electron chi connectivity index (χ4n) is 0.905. The van der Waals surface area contributed by atoms with Crippen molar-refractivity contribution in [3.63, 3.8) is 0 Å². The van der Waals surface area contributed by atoms with Gasteiger partial charge in [0, 0.05) is 0 Å². The Labute approximate surface area is 70.7 Å². The molecule has 0 saturated heterocycles. The maximum Gasteiger partial charge on any atom is 0.333 e. The third kappa shape index (κ3) is 1.73. The summed E-state index contributed by atoms with van der Waals surface area (Å²) in [7, 11) is 0. The van der Waals surface area contributed by atoms with Crippen LogP contribution in [0, 0.1) is 6.92 Å². The molecule has 4 N–H and O–H groups in total. The maximum absolute atomic E-state index is 10.6. The molecule has 0 aliphatic carbocycles. The Hall–Kier alpha value is -1.55. The quantitative estimate of drug-likeness (QED) is 0.366. The van der Waals surface area contributed by atoms with Gasteiger partial charge in [0.15, 0.2) is 0 Å². The number of urea groups is 1. The summed E-state index contributed by atoms with van der Waals surface area (Å²) in [5.41, 5.74) is 6.61. The minimum atomic E-state index is -0.666. The van der Waals surface area contributed by atoms with Crippen LogP contribution in [0.3, 0.4) is 0 Å². The minimum absolute atomic E-state index is 0.600. The fourth-order valence-corrected chi connectivity index (χ4v) is 0.905. The number of rotatable bonds is 1. The van der Waals surface area contributed by atoms with Gasteiger partial charge >= 0.3 is 6.03 Å². The van der Waals surface area contributed by atoms with Crippen LogP contribution in [0.15, 0.2) is 24.3 Å². The Morgan fingerprint density at radius 1 is 1.50 bits per heavy atom. The van der Waals surface area contributed by atoms with Crippen molar-refractivity contribution in [1.82, 2.24) is 0 Å². The summed E-state index contributed by atoms with van der Waals surface area (Å²) < 4.78 is 0. The highest BCUT2D eigenvalue weighted by atomic mass is 16.2. The van der Waals surface area contributed by atoms with E-state index in [1.54, 1.807) is 12.1 Å². The van der Waals surface area contributed by atoms with Gasteiger partial charge in [-0.1, -0.05) is 12.1 Å². The average molecular weight is 165 g/mol. The first-order valence-electron chi connectivity index (χ1n) is 3.52. The second kappa shape index (κ2) is 3.23. The summed E-state index contributed by atoms with van der Waals surface area (Å²) >= 11 is 0. The van der Waals surface area contributed by atoms with Crippen molar-refractivity contribution in [1.29, 1.82) is 0 Å². The second-order valence-electron chi connectivity index (χ2n) is 2.55. The third-order valence-corrected chi connectivity index (χ3v) is 1.52. The molecular formula is C8H11N3O. The normalized spacial score (nSPS) is 9.50. The molecule has 0 fully saturated rings. The van der Waals surface area contributed by atoms with Crippen molar-refractivity contribution in [3.05, 3.63) is 29.8 Å². The van der Waals surface area contributed by atoms with Crippen LogP contribution < -0.4 is 16.6 Å². The van der Waals surface area contributed by atoms with Gasteiger partial charge in [-0.25, -0.2) is 15.6 Å². The number of carbonyl (C=O) groups excluding carboxylic acids is 1. The number of anilines is 1. The Bertz CT molecular complexity index is 298. The van der Waals surface area contributed by atoms with Gasteiger partial charge in [-0.05, 0) is 24.6 Å². The lowest BCUT2D eigenvalue weighted by atomic mass is 10.2. The van der Waals surface area contributed by atoms with E-state index in [2.05, 4.69) is 0 Å². The molecule has 12 heavy (non-hydrogen) atoms. The standard InChI is InChI=1S/C8H11N3O/c1-6-3-2-4-7(5-6)11(10)8(9)12/h2-5H,10H2,1H3,(H2,9,12). The molecule has 0 aliphatic rings. The summed E-state index contributed by atoms with van der Waals surface area (Å²) in [6.45, 7) is 1.92. The van der Waals surface area contributed by atoms with Crippen LogP contribution in [0.2, 0.25) is 0 Å². The summed E-state index contributed by atoms with van der Waals surface area (Å²) in [6.07, 6.45) is 0. The van der Waals surface area contributed by atoms with Gasteiger partial charge in [0.1, 0.15) is 0 Å². The average Bonchev–Trinajstić information content (AvgIpc) is 2.03. The van der Waals surface area contributed by atoms with Crippen molar-refractivity contribution in [2.45, 2.75) is 6.92 Å². The maximum atomic E-state index is 10.6. The van der Waals surface area contributed by atoms with Crippen molar-refractivity contribution >= 4 is 11.7 Å². The minimum Gasteiger partial charge on any atom is -0.350 e. The molecule has 0 aliphatic heterocycles. The highest BCUT2D eigenvalue weighted by Gasteiger charge is 2.05. The van der Waals surface area contributed by atoms with E-state index in [0.29, 0.717) is 5.69 Å². The van der Waals surface area contributed by atoms with Crippen LogP contribution in [0.5, 0.6) is 0 Å². The second-order valence-corrected chi connectivity index (χ2v) is 2.55. The summed E-state index contributed by atoms with van der Waals surface area (Å²) in [6, 6.07) is 6.56. The summed E-state index contributed by atoms with van der Waals surface area (Å²) in [4.78, 5) is 10.6. The van der Waals surface area contributed by atoms with Gasteiger partial charge in [-0.15, -0.1) is 0 Å². The van der Waals surface area contributed by atoms with Crippen LogP contribution >= 0.6 is 0 Å². The predicted octanol–water partition coefficient (Wildman–Crippen LogP) is 0.754. The van der Waals surface area contributed by atoms with Crippen molar-refractivity contribution in [2.75, 3.05) is 5.01 Å². The molecule has 0 spiro atoms. The number of aryl methyl sites for hydroxylation is 1. The number of benzene rings is 1. The van der Waals surface area contributed by atoms with E-state index < -0.39 is 6.03 Å². The van der Waals surface area contributed by atoms with Crippen molar-refractivity contribution in [2.24, 2.45) is 11.6 Å². The molecule has 0 radical (unpaired) electrons. The highest BCUT2D eigenvalue weighted by Crippen LogP contribution is 2.11. The monoisotopic (exact) mass is 165 g/mol. The number of hydrogen-bond acceptors (Lipinski definition) is 2. The van der Waals surface area contributed by atoms with Gasteiger partial charge in [0.05, 0.1) is 5.69 Å². The van der Waals surface area contributed by atoms with Gasteiger partial charge in [-0.2, -0.15) is 0 Å². The molecule has 1 rings (SSSR count). The predicted molar refractivity (Wildman–Crippen MR) is 47.4 cm³/mol. The van der Waals surface area contributed by atoms with E-state index in [4.69, 9.17) is 11.6 Å². The molecular weight excluding hydrogens is 154 g/mol. The summed E-state index contributed by atoms with van der Waals surface area (Å²) in [5, 5.41) is 0.910. The van der Waals surface area contributed by atoms with Crippen LogP contribution in [-0.4, -0.2) is 6.03 Å². The van der Waals surface area contributed by atoms with E-state index >= 15 is 0 Å². The molecule has 1 aromatic rings. The molecule has 0 aromatic heterocycles. The van der Waals surface area contributed by atoms with Crippen molar-refractivity contribution < 1.29 is 4.79 Å². The first-order valence-corrected chi connectivity index (χ1v) is 3.52. The molecule has 4 nitrogen and oxygen atoms in total. The lowest BCUT2D eigenvalue weighted by molar-refractivity contribution is 0.254. The van der Waals surface area contributed by atoms with E-state index in [1.807, 2.05) is 19.1 Å². The van der Waals surface area contributed by atoms with Crippen LogP contribution in [0.1, 0.15) is 5.56 Å². The number of amides is 2. The molecule has 2 amide bonds. The smallest absolute Gasteiger partial charge is 0.333 e. The van der Waals surface area contributed by atoms with Gasteiger partial charge < -0.3 is 5.73 Å². The zero-order chi connectivity index (χ0) is 9.14. The number of carbonyl (C=O) groups is 1. The van der Waals surface area contributed by atoms with E-state index in [-0.39, 0.29) is 0 Å². The number of nitrogens with zero attached hydrogens (tertiary/aromatic N) is 1. The van der Waals surface area contributed by atoms with E-state index in [0.717, 1.165) is 10.6 Å². The SMILES string of the molecule is Cc1cccc(N(N)C(N)=O)c1. The first-order chi connectivity index (χ1) is 5.61. The number of nitrogens with two attached hydrogens (primary N) is 2. The Morgan fingerprint density at radius 2 is 2.17 bits per heavy atom. The molecule has 0 atom stereocenters. The number of hydrogen-bond donors (Lipinski definition) is 2. The van der Waals surface area contributed by atoms with Crippen LogP contribution in [0.4, 0.5) is 10.5 Å². The van der Waals surface area contributed by atoms with Crippen LogP contribution in [0.25, 0.3) is 0 Å². The Morgan fingerprint density at radius 3 is 2.67 bits per heavy atom. The Kier molecular flexibility index (Phi) is 2.30. The molecule has 64 valence electrons. The fraction of sp³-hybridized carbons (Fsp3) is 0.125. The zero-order valence-corrected chi connectivity index (χ0v) is 6.82. The zero-order valence-electron chi connectivity index (χ0n) is 6.82. The third-order valence-electron chi connectivity index (χ3n) is 1.52. The molecule has 0 heterocycles. The molecule has 0 unspecified atom stereocenters. The summed E-state index contributed by atoms with van der Waals surface area (Å²) in [5.74, 6) is 5.37. The van der Waals surface area contributed by atoms with E-state index in [9.17, 15) is 4.79 Å². The number of hydrazine groups is 1.